The molecule has 0 saturated heterocycles. The number of nitrogens with two attached hydrogens (primary N) is 1. The quantitative estimate of drug-likeness (QED) is 0.875. The molecule has 2 atom stereocenters. The molecule has 92 valence electrons. The van der Waals surface area contributed by atoms with Crippen molar-refractivity contribution < 1.29 is 4.74 Å². The molecular formula is C14H18ClNO. The van der Waals surface area contributed by atoms with E-state index in [-0.39, 0.29) is 5.41 Å². The maximum atomic E-state index is 6.19. The molecule has 3 rings (SSSR count). The Balaban J connectivity index is 1.72. The van der Waals surface area contributed by atoms with Crippen molar-refractivity contribution in [3.05, 3.63) is 29.3 Å². The summed E-state index contributed by atoms with van der Waals surface area (Å²) in [5.74, 6) is 0.914. The van der Waals surface area contributed by atoms with E-state index in [9.17, 15) is 0 Å². The zero-order chi connectivity index (χ0) is 11.9. The van der Waals surface area contributed by atoms with Gasteiger partial charge in [-0.3, -0.25) is 0 Å². The maximum Gasteiger partial charge on any atom is 0.119 e. The topological polar surface area (TPSA) is 35.2 Å². The number of benzene rings is 1. The zero-order valence-electron chi connectivity index (χ0n) is 9.86. The van der Waals surface area contributed by atoms with Gasteiger partial charge in [0.05, 0.1) is 0 Å². The van der Waals surface area contributed by atoms with Crippen LogP contribution in [0, 0.1) is 5.41 Å². The number of hydrogen-bond acceptors (Lipinski definition) is 2. The predicted molar refractivity (Wildman–Crippen MR) is 69.4 cm³/mol. The van der Waals surface area contributed by atoms with Crippen molar-refractivity contribution in [1.82, 2.24) is 0 Å². The van der Waals surface area contributed by atoms with E-state index in [0.717, 1.165) is 17.2 Å². The first-order chi connectivity index (χ1) is 8.21. The average Bonchev–Trinajstić information content (AvgIpc) is 2.83. The highest BCUT2D eigenvalue weighted by molar-refractivity contribution is 6.30. The minimum atomic E-state index is 0.264. The molecule has 2 saturated carbocycles. The fourth-order valence-corrected chi connectivity index (χ4v) is 3.47. The van der Waals surface area contributed by atoms with Crippen LogP contribution in [0.2, 0.25) is 5.02 Å². The molecule has 2 aliphatic carbocycles. The smallest absolute Gasteiger partial charge is 0.119 e. The van der Waals surface area contributed by atoms with E-state index in [1.807, 2.05) is 24.3 Å². The van der Waals surface area contributed by atoms with Gasteiger partial charge in [-0.2, -0.15) is 0 Å². The predicted octanol–water partition coefficient (Wildman–Crippen LogP) is 3.38. The zero-order valence-corrected chi connectivity index (χ0v) is 10.6. The van der Waals surface area contributed by atoms with Crippen LogP contribution >= 0.6 is 11.6 Å². The molecule has 2 unspecified atom stereocenters. The van der Waals surface area contributed by atoms with Gasteiger partial charge >= 0.3 is 0 Å². The molecule has 1 aromatic carbocycles. The molecule has 1 spiro atoms. The van der Waals surface area contributed by atoms with Crippen LogP contribution < -0.4 is 10.5 Å². The van der Waals surface area contributed by atoms with Crippen molar-refractivity contribution in [1.29, 1.82) is 0 Å². The third-order valence-corrected chi connectivity index (χ3v) is 4.73. The molecular weight excluding hydrogens is 234 g/mol. The molecule has 17 heavy (non-hydrogen) atoms. The van der Waals surface area contributed by atoms with Crippen molar-refractivity contribution in [3.8, 4) is 5.75 Å². The first-order valence-electron chi connectivity index (χ1n) is 6.38. The van der Waals surface area contributed by atoms with Crippen LogP contribution in [0.25, 0.3) is 0 Å². The first kappa shape index (κ1) is 11.4. The Hall–Kier alpha value is -0.730. The SMILES string of the molecule is NC1CC(Oc2ccc(Cl)cc2)C12CCCC2. The lowest BCUT2D eigenvalue weighted by molar-refractivity contribution is -0.0620. The van der Waals surface area contributed by atoms with E-state index < -0.39 is 0 Å². The summed E-state index contributed by atoms with van der Waals surface area (Å²) in [6.07, 6.45) is 6.35. The average molecular weight is 252 g/mol. The standard InChI is InChI=1S/C14H18ClNO/c15-10-3-5-11(6-4-10)17-13-9-12(16)14(13)7-1-2-8-14/h3-6,12-13H,1-2,7-9,16H2. The van der Waals surface area contributed by atoms with E-state index >= 15 is 0 Å². The second-order valence-electron chi connectivity index (χ2n) is 5.34. The molecule has 0 bridgehead atoms. The van der Waals surface area contributed by atoms with Crippen LogP contribution in [0.15, 0.2) is 24.3 Å². The second-order valence-corrected chi connectivity index (χ2v) is 5.78. The van der Waals surface area contributed by atoms with Crippen LogP contribution in [0.1, 0.15) is 32.1 Å². The highest BCUT2D eigenvalue weighted by Gasteiger charge is 2.55. The fraction of sp³-hybridized carbons (Fsp3) is 0.571. The number of ether oxygens (including phenoxy) is 1. The lowest BCUT2D eigenvalue weighted by Gasteiger charge is -2.52. The summed E-state index contributed by atoms with van der Waals surface area (Å²) in [7, 11) is 0. The Bertz CT molecular complexity index is 397. The number of halogens is 1. The van der Waals surface area contributed by atoms with Gasteiger partial charge < -0.3 is 10.5 Å². The Labute approximate surface area is 107 Å². The molecule has 0 heterocycles. The van der Waals surface area contributed by atoms with Gasteiger partial charge in [0.1, 0.15) is 11.9 Å². The summed E-state index contributed by atoms with van der Waals surface area (Å²) in [6, 6.07) is 7.96. The Morgan fingerprint density at radius 3 is 2.41 bits per heavy atom. The van der Waals surface area contributed by atoms with Gasteiger partial charge in [-0.05, 0) is 37.1 Å². The molecule has 2 fully saturated rings. The third kappa shape index (κ3) is 1.84. The summed E-state index contributed by atoms with van der Waals surface area (Å²) < 4.78 is 6.07. The van der Waals surface area contributed by atoms with E-state index in [0.29, 0.717) is 12.1 Å². The third-order valence-electron chi connectivity index (χ3n) is 4.47. The normalized spacial score (nSPS) is 30.2. The van der Waals surface area contributed by atoms with E-state index in [1.54, 1.807) is 0 Å². The van der Waals surface area contributed by atoms with Crippen LogP contribution in [-0.2, 0) is 0 Å². The molecule has 2 N–H and O–H groups in total. The lowest BCUT2D eigenvalue weighted by Crippen LogP contribution is -2.62. The number of rotatable bonds is 2. The molecule has 0 aliphatic heterocycles. The van der Waals surface area contributed by atoms with Gasteiger partial charge in [0.15, 0.2) is 0 Å². The minimum Gasteiger partial charge on any atom is -0.490 e. The molecule has 2 nitrogen and oxygen atoms in total. The van der Waals surface area contributed by atoms with Gasteiger partial charge in [0.25, 0.3) is 0 Å². The molecule has 0 aromatic heterocycles. The second kappa shape index (κ2) is 4.18. The van der Waals surface area contributed by atoms with Crippen LogP contribution in [0.4, 0.5) is 0 Å². The molecule has 1 aromatic rings. The summed E-state index contributed by atoms with van der Waals surface area (Å²) >= 11 is 5.86. The van der Waals surface area contributed by atoms with Crippen molar-refractivity contribution in [2.45, 2.75) is 44.2 Å². The van der Waals surface area contributed by atoms with Crippen molar-refractivity contribution in [2.24, 2.45) is 11.1 Å². The molecule has 3 heteroatoms. The fourth-order valence-electron chi connectivity index (χ4n) is 3.35. The minimum absolute atomic E-state index is 0.264. The van der Waals surface area contributed by atoms with Crippen LogP contribution in [0.3, 0.4) is 0 Å². The largest absolute Gasteiger partial charge is 0.490 e. The Kier molecular flexibility index (Phi) is 2.80. The summed E-state index contributed by atoms with van der Waals surface area (Å²) in [5.41, 5.74) is 6.45. The highest BCUT2D eigenvalue weighted by atomic mass is 35.5. The van der Waals surface area contributed by atoms with E-state index in [4.69, 9.17) is 22.1 Å². The monoisotopic (exact) mass is 251 g/mol. The van der Waals surface area contributed by atoms with E-state index in [1.165, 1.54) is 25.7 Å². The van der Waals surface area contributed by atoms with Crippen molar-refractivity contribution >= 4 is 11.6 Å². The molecule has 2 aliphatic rings. The lowest BCUT2D eigenvalue weighted by atomic mass is 9.61. The summed E-state index contributed by atoms with van der Waals surface area (Å²) in [6.45, 7) is 0. The van der Waals surface area contributed by atoms with Gasteiger partial charge in [-0.25, -0.2) is 0 Å². The maximum absolute atomic E-state index is 6.19. The van der Waals surface area contributed by atoms with Crippen LogP contribution in [0.5, 0.6) is 5.75 Å². The summed E-state index contributed by atoms with van der Waals surface area (Å²) in [5, 5.41) is 0.748. The van der Waals surface area contributed by atoms with E-state index in [2.05, 4.69) is 0 Å². The first-order valence-corrected chi connectivity index (χ1v) is 6.76. The Morgan fingerprint density at radius 1 is 1.18 bits per heavy atom. The van der Waals surface area contributed by atoms with Crippen LogP contribution in [-0.4, -0.2) is 12.1 Å². The number of hydrogen-bond donors (Lipinski definition) is 1. The Morgan fingerprint density at radius 2 is 1.82 bits per heavy atom. The van der Waals surface area contributed by atoms with Gasteiger partial charge in [0, 0.05) is 22.9 Å². The van der Waals surface area contributed by atoms with Crippen molar-refractivity contribution in [2.75, 3.05) is 0 Å². The highest BCUT2D eigenvalue weighted by Crippen LogP contribution is 2.53. The molecule has 0 radical (unpaired) electrons. The van der Waals surface area contributed by atoms with Gasteiger partial charge in [-0.15, -0.1) is 0 Å². The molecule has 0 amide bonds. The van der Waals surface area contributed by atoms with Gasteiger partial charge in [0.2, 0.25) is 0 Å². The summed E-state index contributed by atoms with van der Waals surface area (Å²) in [4.78, 5) is 0. The van der Waals surface area contributed by atoms with Crippen molar-refractivity contribution in [3.63, 3.8) is 0 Å². The van der Waals surface area contributed by atoms with Gasteiger partial charge in [-0.1, -0.05) is 24.4 Å².